The van der Waals surface area contributed by atoms with E-state index in [0.717, 1.165) is 31.4 Å². The van der Waals surface area contributed by atoms with Crippen LogP contribution in [-0.4, -0.2) is 24.6 Å². The molecule has 0 atom stereocenters. The van der Waals surface area contributed by atoms with Crippen LogP contribution in [0.1, 0.15) is 58.3 Å². The van der Waals surface area contributed by atoms with Crippen molar-refractivity contribution in [3.8, 4) is 0 Å². The summed E-state index contributed by atoms with van der Waals surface area (Å²) in [6, 6.07) is 0. The Morgan fingerprint density at radius 3 is 2.08 bits per heavy atom. The van der Waals surface area contributed by atoms with Gasteiger partial charge in [-0.15, -0.1) is 0 Å². The molecule has 0 aromatic heterocycles. The van der Waals surface area contributed by atoms with Crippen molar-refractivity contribution in [3.05, 3.63) is 6.92 Å². The zero-order valence-corrected chi connectivity index (χ0v) is 8.36. The first kappa shape index (κ1) is 15.7. The molecule has 0 aromatic carbocycles. The van der Waals surface area contributed by atoms with E-state index in [1.807, 2.05) is 0 Å². The van der Waals surface area contributed by atoms with Gasteiger partial charge < -0.3 is 5.41 Å². The quantitative estimate of drug-likeness (QED) is 0.333. The first-order chi connectivity index (χ1) is 5.81. The summed E-state index contributed by atoms with van der Waals surface area (Å²) in [7, 11) is 0. The van der Waals surface area contributed by atoms with E-state index in [9.17, 15) is 0 Å². The van der Waals surface area contributed by atoms with E-state index in [-0.39, 0.29) is 18.9 Å². The van der Waals surface area contributed by atoms with Crippen LogP contribution in [0.15, 0.2) is 0 Å². The Morgan fingerprint density at radius 1 is 1.08 bits per heavy atom. The summed E-state index contributed by atoms with van der Waals surface area (Å²) < 4.78 is 0. The van der Waals surface area contributed by atoms with E-state index in [0.29, 0.717) is 0 Å². The summed E-state index contributed by atoms with van der Waals surface area (Å²) in [5.74, 6) is 0. The Hall–Kier alpha value is 0.267. The van der Waals surface area contributed by atoms with E-state index in [1.165, 1.54) is 25.7 Å². The Balaban J connectivity index is 0. The van der Waals surface area contributed by atoms with E-state index < -0.39 is 0 Å². The summed E-state index contributed by atoms with van der Waals surface area (Å²) in [6.45, 7) is 5.99. The zero-order valence-electron chi connectivity index (χ0n) is 8.36. The molecule has 0 saturated carbocycles. The van der Waals surface area contributed by atoms with Crippen LogP contribution < -0.4 is 0 Å². The summed E-state index contributed by atoms with van der Waals surface area (Å²) >= 11 is 0. The third kappa shape index (κ3) is 12.3. The number of hydrogen-bond acceptors (Lipinski definition) is 1. The first-order valence-corrected chi connectivity index (χ1v) is 5.16. The molecule has 0 spiro atoms. The van der Waals surface area contributed by atoms with E-state index >= 15 is 0 Å². The number of unbranched alkanes of at least 4 members (excludes halogenated alkanes) is 4. The number of nitrogens with one attached hydrogen (secondary N) is 1. The van der Waals surface area contributed by atoms with Crippen molar-refractivity contribution < 1.29 is 0 Å². The van der Waals surface area contributed by atoms with Crippen LogP contribution in [0.3, 0.4) is 0 Å². The van der Waals surface area contributed by atoms with Crippen molar-refractivity contribution in [1.82, 2.24) is 0 Å². The molecule has 1 nitrogen and oxygen atoms in total. The summed E-state index contributed by atoms with van der Waals surface area (Å²) in [5, 5.41) is 7.63. The third-order valence-electron chi connectivity index (χ3n) is 2.06. The maximum atomic E-state index is 7.63. The molecule has 2 heteroatoms. The second-order valence-corrected chi connectivity index (χ2v) is 3.37. The van der Waals surface area contributed by atoms with Crippen LogP contribution in [-0.2, 0) is 0 Å². The molecule has 1 N–H and O–H groups in total. The van der Waals surface area contributed by atoms with E-state index in [1.54, 1.807) is 0 Å². The fourth-order valence-corrected chi connectivity index (χ4v) is 1.23. The van der Waals surface area contributed by atoms with Crippen molar-refractivity contribution >= 4 is 24.6 Å². The molecule has 13 heavy (non-hydrogen) atoms. The van der Waals surface area contributed by atoms with Crippen molar-refractivity contribution in [3.63, 3.8) is 0 Å². The molecule has 73 valence electrons. The first-order valence-electron chi connectivity index (χ1n) is 5.16. The zero-order chi connectivity index (χ0) is 9.23. The number of rotatable bonds is 8. The van der Waals surface area contributed by atoms with Gasteiger partial charge in [-0.25, -0.2) is 0 Å². The van der Waals surface area contributed by atoms with Crippen molar-refractivity contribution in [2.45, 2.75) is 58.3 Å². The second kappa shape index (κ2) is 12.3. The normalized spacial score (nSPS) is 9.38. The molecule has 0 aliphatic carbocycles. The molecule has 0 fully saturated rings. The molecular weight excluding hydrogens is 153 g/mol. The van der Waals surface area contributed by atoms with Crippen LogP contribution in [0.5, 0.6) is 0 Å². The predicted octanol–water partition coefficient (Wildman–Crippen LogP) is 3.33. The van der Waals surface area contributed by atoms with Gasteiger partial charge in [0, 0.05) is 5.71 Å². The van der Waals surface area contributed by atoms with Gasteiger partial charge in [0.15, 0.2) is 0 Å². The predicted molar refractivity (Wildman–Crippen MR) is 62.8 cm³/mol. The molecule has 0 rings (SSSR count). The average Bonchev–Trinajstić information content (AvgIpc) is 2.06. The van der Waals surface area contributed by atoms with Crippen LogP contribution in [0.2, 0.25) is 0 Å². The summed E-state index contributed by atoms with van der Waals surface area (Å²) in [6.07, 6.45) is 9.11. The van der Waals surface area contributed by atoms with Crippen LogP contribution >= 0.6 is 0 Å². The van der Waals surface area contributed by atoms with Crippen molar-refractivity contribution in [2.75, 3.05) is 0 Å². The fraction of sp³-hybridized carbons (Fsp3) is 0.818. The van der Waals surface area contributed by atoms with E-state index in [4.69, 9.17) is 5.41 Å². The monoisotopic (exact) mass is 176 g/mol. The van der Waals surface area contributed by atoms with Gasteiger partial charge in [0.2, 0.25) is 0 Å². The molecule has 0 unspecified atom stereocenters. The van der Waals surface area contributed by atoms with Gasteiger partial charge in [-0.1, -0.05) is 39.5 Å². The molecule has 0 heterocycles. The Bertz CT molecular complexity index is 101. The van der Waals surface area contributed by atoms with Gasteiger partial charge >= 0.3 is 18.9 Å². The summed E-state index contributed by atoms with van der Waals surface area (Å²) in [4.78, 5) is 0. The number of hydrogen-bond donors (Lipinski definition) is 1. The summed E-state index contributed by atoms with van der Waals surface area (Å²) in [5.41, 5.74) is 0.942. The molecular formula is C11H23LiN. The second-order valence-electron chi connectivity index (χ2n) is 3.37. The molecule has 0 saturated heterocycles. The maximum absolute atomic E-state index is 7.63. The molecule has 1 radical (unpaired) electrons. The average molecular weight is 176 g/mol. The topological polar surface area (TPSA) is 23.9 Å². The molecule has 0 aliphatic rings. The fourth-order valence-electron chi connectivity index (χ4n) is 1.23. The van der Waals surface area contributed by atoms with Crippen molar-refractivity contribution in [2.24, 2.45) is 0 Å². The minimum atomic E-state index is 0. The Labute approximate surface area is 95.4 Å². The van der Waals surface area contributed by atoms with E-state index in [2.05, 4.69) is 13.8 Å². The van der Waals surface area contributed by atoms with Crippen molar-refractivity contribution in [1.29, 1.82) is 5.41 Å². The van der Waals surface area contributed by atoms with Crippen LogP contribution in [0.25, 0.3) is 0 Å². The van der Waals surface area contributed by atoms with Gasteiger partial charge in [0.1, 0.15) is 0 Å². The van der Waals surface area contributed by atoms with Gasteiger partial charge in [0.25, 0.3) is 0 Å². The SMILES string of the molecule is [CH2]CCCCC(=N)CCCCC.[LiH]. The van der Waals surface area contributed by atoms with Gasteiger partial charge in [-0.3, -0.25) is 0 Å². The van der Waals surface area contributed by atoms with Gasteiger partial charge in [0.05, 0.1) is 0 Å². The minimum absolute atomic E-state index is 0. The van der Waals surface area contributed by atoms with Crippen LogP contribution in [0.4, 0.5) is 0 Å². The standard InChI is InChI=1S/C11H22N.Li.H/c1-3-5-7-9-11(12)10-8-6-4-2;;/h12H,1,3-10H2,2H3;;. The van der Waals surface area contributed by atoms with Gasteiger partial charge in [-0.05, 0) is 25.7 Å². The Kier molecular flexibility index (Phi) is 14.8. The third-order valence-corrected chi connectivity index (χ3v) is 2.06. The van der Waals surface area contributed by atoms with Crippen LogP contribution in [0, 0.1) is 12.3 Å². The van der Waals surface area contributed by atoms with Gasteiger partial charge in [-0.2, -0.15) is 0 Å². The molecule has 0 bridgehead atoms. The Morgan fingerprint density at radius 2 is 1.62 bits per heavy atom. The molecule has 0 aromatic rings. The molecule has 0 aliphatic heterocycles. The molecule has 0 amide bonds.